The van der Waals surface area contributed by atoms with Gasteiger partial charge in [0.2, 0.25) is 0 Å². The van der Waals surface area contributed by atoms with Crippen molar-refractivity contribution in [3.63, 3.8) is 0 Å². The molecule has 1 N–H and O–H groups in total. The lowest BCUT2D eigenvalue weighted by Crippen LogP contribution is -2.45. The molecular weight excluding hydrogens is 453 g/mol. The molecule has 0 aliphatic rings. The van der Waals surface area contributed by atoms with Crippen molar-refractivity contribution in [3.05, 3.63) is 35.9 Å². The number of esters is 2. The largest absolute Gasteiger partial charge is 0.464 e. The van der Waals surface area contributed by atoms with Crippen molar-refractivity contribution in [2.45, 2.75) is 39.3 Å². The number of amides is 1. The second-order valence-corrected chi connectivity index (χ2v) is 6.45. The molecule has 0 aliphatic heterocycles. The summed E-state index contributed by atoms with van der Waals surface area (Å²) < 4.78 is 15.3. The van der Waals surface area contributed by atoms with Crippen LogP contribution in [0.15, 0.2) is 30.3 Å². The summed E-state index contributed by atoms with van der Waals surface area (Å²) in [5.41, 5.74) is 0.852. The third-order valence-corrected chi connectivity index (χ3v) is 3.70. The molecule has 0 saturated heterocycles. The fourth-order valence-electron chi connectivity index (χ4n) is 2.00. The molecule has 7 nitrogen and oxygen atoms in total. The van der Waals surface area contributed by atoms with Gasteiger partial charge in [-0.15, -0.1) is 0 Å². The Balaban J connectivity index is 2.37. The standard InChI is InChI=1S/C18H24INO6/c1-13(2)16(17(22)24-10-6-9-15(21)26-12-19)20-18(23)25-11-14-7-4-3-5-8-14/h3-5,7-8,13,16H,6,9-12H2,1-2H3,(H,20,23). The molecule has 0 heterocycles. The molecular formula is C18H24INO6. The summed E-state index contributed by atoms with van der Waals surface area (Å²) in [7, 11) is 0. The first-order chi connectivity index (χ1) is 12.4. The summed E-state index contributed by atoms with van der Waals surface area (Å²) in [6.07, 6.45) is -0.144. The van der Waals surface area contributed by atoms with Crippen molar-refractivity contribution in [1.29, 1.82) is 0 Å². The number of halogens is 1. The summed E-state index contributed by atoms with van der Waals surface area (Å²) in [5, 5.41) is 2.53. The minimum Gasteiger partial charge on any atom is -0.464 e. The average Bonchev–Trinajstić information content (AvgIpc) is 2.62. The van der Waals surface area contributed by atoms with E-state index in [0.717, 1.165) is 5.56 Å². The van der Waals surface area contributed by atoms with Gasteiger partial charge in [0.15, 0.2) is 0 Å². The molecule has 1 aromatic carbocycles. The highest BCUT2D eigenvalue weighted by atomic mass is 127. The molecule has 1 aromatic rings. The Bertz CT molecular complexity index is 578. The number of ether oxygens (including phenoxy) is 3. The van der Waals surface area contributed by atoms with Crippen molar-refractivity contribution in [2.75, 3.05) is 11.2 Å². The van der Waals surface area contributed by atoms with E-state index in [4.69, 9.17) is 14.2 Å². The summed E-state index contributed by atoms with van der Waals surface area (Å²) >= 11 is 1.93. The molecule has 0 aliphatic carbocycles. The van der Waals surface area contributed by atoms with Crippen LogP contribution in [-0.2, 0) is 30.4 Å². The van der Waals surface area contributed by atoms with Crippen LogP contribution in [-0.4, -0.2) is 35.3 Å². The lowest BCUT2D eigenvalue weighted by Gasteiger charge is -2.20. The van der Waals surface area contributed by atoms with Gasteiger partial charge in [-0.1, -0.05) is 44.2 Å². The Morgan fingerprint density at radius 3 is 2.38 bits per heavy atom. The first-order valence-corrected chi connectivity index (χ1v) is 9.82. The molecule has 1 amide bonds. The normalized spacial score (nSPS) is 11.5. The maximum absolute atomic E-state index is 12.2. The van der Waals surface area contributed by atoms with Gasteiger partial charge in [0.05, 0.1) is 6.61 Å². The highest BCUT2D eigenvalue weighted by Gasteiger charge is 2.26. The highest BCUT2D eigenvalue weighted by Crippen LogP contribution is 2.07. The van der Waals surface area contributed by atoms with Gasteiger partial charge < -0.3 is 19.5 Å². The van der Waals surface area contributed by atoms with Gasteiger partial charge in [-0.25, -0.2) is 9.59 Å². The van der Waals surface area contributed by atoms with Crippen molar-refractivity contribution in [3.8, 4) is 0 Å². The summed E-state index contributed by atoms with van der Waals surface area (Å²) in [6.45, 7) is 3.78. The number of rotatable bonds is 10. The monoisotopic (exact) mass is 477 g/mol. The molecule has 0 radical (unpaired) electrons. The number of alkyl carbamates (subject to hydrolysis) is 1. The van der Waals surface area contributed by atoms with Gasteiger partial charge in [0, 0.05) is 6.42 Å². The van der Waals surface area contributed by atoms with Crippen LogP contribution in [0.2, 0.25) is 0 Å². The van der Waals surface area contributed by atoms with E-state index < -0.39 is 18.1 Å². The fourth-order valence-corrected chi connectivity index (χ4v) is 2.35. The maximum Gasteiger partial charge on any atom is 0.408 e. The van der Waals surface area contributed by atoms with E-state index >= 15 is 0 Å². The number of carbonyl (C=O) groups is 3. The molecule has 26 heavy (non-hydrogen) atoms. The average molecular weight is 477 g/mol. The smallest absolute Gasteiger partial charge is 0.408 e. The molecule has 0 saturated carbocycles. The predicted octanol–water partition coefficient (Wildman–Crippen LogP) is 3.20. The van der Waals surface area contributed by atoms with Crippen LogP contribution in [0.4, 0.5) is 4.79 Å². The van der Waals surface area contributed by atoms with Crippen LogP contribution in [0.1, 0.15) is 32.3 Å². The Morgan fingerprint density at radius 2 is 1.77 bits per heavy atom. The highest BCUT2D eigenvalue weighted by molar-refractivity contribution is 14.1. The second-order valence-electron chi connectivity index (χ2n) is 5.82. The molecule has 0 aromatic heterocycles. The van der Waals surface area contributed by atoms with Crippen molar-refractivity contribution in [1.82, 2.24) is 5.32 Å². The molecule has 8 heteroatoms. The zero-order chi connectivity index (χ0) is 19.4. The van der Waals surface area contributed by atoms with Gasteiger partial charge in [0.1, 0.15) is 17.3 Å². The van der Waals surface area contributed by atoms with E-state index in [1.54, 1.807) is 13.8 Å². The van der Waals surface area contributed by atoms with Crippen molar-refractivity contribution in [2.24, 2.45) is 5.92 Å². The van der Waals surface area contributed by atoms with E-state index in [1.165, 1.54) is 0 Å². The molecule has 1 unspecified atom stereocenters. The van der Waals surface area contributed by atoms with Crippen LogP contribution in [0.3, 0.4) is 0 Å². The number of nitrogens with one attached hydrogen (secondary N) is 1. The maximum atomic E-state index is 12.2. The molecule has 0 bridgehead atoms. The number of benzene rings is 1. The van der Waals surface area contributed by atoms with Crippen molar-refractivity contribution < 1.29 is 28.6 Å². The van der Waals surface area contributed by atoms with Gasteiger partial charge in [-0.3, -0.25) is 4.79 Å². The quantitative estimate of drug-likeness (QED) is 0.183. The number of hydrogen-bond acceptors (Lipinski definition) is 6. The van der Waals surface area contributed by atoms with Crippen LogP contribution in [0.5, 0.6) is 0 Å². The second kappa shape index (κ2) is 12.5. The molecule has 1 atom stereocenters. The van der Waals surface area contributed by atoms with Gasteiger partial charge in [-0.05, 0) is 40.5 Å². The topological polar surface area (TPSA) is 90.9 Å². The molecule has 1 rings (SSSR count). The first kappa shape index (κ1) is 22.2. The minimum atomic E-state index is -0.820. The van der Waals surface area contributed by atoms with E-state index in [1.807, 2.05) is 52.9 Å². The zero-order valence-corrected chi connectivity index (χ0v) is 17.1. The Hall–Kier alpha value is -1.84. The predicted molar refractivity (Wildman–Crippen MR) is 104 cm³/mol. The SMILES string of the molecule is CC(C)C(NC(=O)OCc1ccccc1)C(=O)OCCCC(=O)OCI. The van der Waals surface area contributed by atoms with E-state index in [0.29, 0.717) is 11.0 Å². The summed E-state index contributed by atoms with van der Waals surface area (Å²) in [5.74, 6) is -1.06. The molecule has 0 spiro atoms. The minimum absolute atomic E-state index is 0.0825. The molecule has 0 fully saturated rings. The van der Waals surface area contributed by atoms with Gasteiger partial charge in [-0.2, -0.15) is 0 Å². The first-order valence-electron chi connectivity index (χ1n) is 8.29. The number of hydrogen-bond donors (Lipinski definition) is 1. The van der Waals surface area contributed by atoms with E-state index in [2.05, 4.69) is 5.32 Å². The lowest BCUT2D eigenvalue weighted by atomic mass is 10.1. The zero-order valence-electron chi connectivity index (χ0n) is 14.9. The van der Waals surface area contributed by atoms with Gasteiger partial charge >= 0.3 is 18.0 Å². The Morgan fingerprint density at radius 1 is 1.08 bits per heavy atom. The van der Waals surface area contributed by atoms with Crippen LogP contribution in [0.25, 0.3) is 0 Å². The van der Waals surface area contributed by atoms with Crippen molar-refractivity contribution >= 4 is 40.6 Å². The summed E-state index contributed by atoms with van der Waals surface area (Å²) in [4.78, 5) is 35.3. The van der Waals surface area contributed by atoms with Crippen LogP contribution >= 0.6 is 22.6 Å². The number of alkyl halides is 1. The Kier molecular flexibility index (Phi) is 10.7. The van der Waals surface area contributed by atoms with Crippen LogP contribution in [0, 0.1) is 5.92 Å². The molecule has 144 valence electrons. The third-order valence-electron chi connectivity index (χ3n) is 3.39. The lowest BCUT2D eigenvalue weighted by molar-refractivity contribution is -0.149. The van der Waals surface area contributed by atoms with E-state index in [-0.39, 0.29) is 31.5 Å². The number of carbonyl (C=O) groups excluding carboxylic acids is 3. The fraction of sp³-hybridized carbons (Fsp3) is 0.500. The van der Waals surface area contributed by atoms with Crippen LogP contribution < -0.4 is 5.32 Å². The Labute approximate surface area is 166 Å². The third kappa shape index (κ3) is 9.02. The van der Waals surface area contributed by atoms with E-state index in [9.17, 15) is 14.4 Å². The van der Waals surface area contributed by atoms with Gasteiger partial charge in [0.25, 0.3) is 0 Å². The summed E-state index contributed by atoms with van der Waals surface area (Å²) in [6, 6.07) is 8.42.